The number of carboxylic acid groups (broad SMARTS) is 1. The lowest BCUT2D eigenvalue weighted by molar-refractivity contribution is -0.192. The SMILES string of the molecule is O=C(O)C(F)(F)F.c1cc(-c2ccc(OCCN3CCCC3)cc2)[nH]n1. The van der Waals surface area contributed by atoms with Crippen molar-refractivity contribution in [1.82, 2.24) is 15.1 Å². The minimum Gasteiger partial charge on any atom is -0.492 e. The number of nitrogens with one attached hydrogen (secondary N) is 1. The second-order valence-corrected chi connectivity index (χ2v) is 5.69. The zero-order valence-corrected chi connectivity index (χ0v) is 14.0. The Hall–Kier alpha value is -2.55. The quantitative estimate of drug-likeness (QED) is 0.844. The number of ether oxygens (including phenoxy) is 1. The molecule has 0 unspecified atom stereocenters. The highest BCUT2D eigenvalue weighted by Gasteiger charge is 2.38. The van der Waals surface area contributed by atoms with Crippen LogP contribution >= 0.6 is 0 Å². The average molecular weight is 371 g/mol. The number of likely N-dealkylation sites (tertiary alicyclic amines) is 1. The molecule has 1 aromatic heterocycles. The van der Waals surface area contributed by atoms with Crippen LogP contribution in [0.3, 0.4) is 0 Å². The third kappa shape index (κ3) is 6.40. The van der Waals surface area contributed by atoms with E-state index < -0.39 is 12.1 Å². The minimum absolute atomic E-state index is 0.767. The molecule has 0 spiro atoms. The summed E-state index contributed by atoms with van der Waals surface area (Å²) in [4.78, 5) is 11.4. The van der Waals surface area contributed by atoms with Gasteiger partial charge < -0.3 is 9.84 Å². The molecule has 26 heavy (non-hydrogen) atoms. The zero-order valence-electron chi connectivity index (χ0n) is 14.0. The number of hydrogen-bond acceptors (Lipinski definition) is 4. The number of aliphatic carboxylic acids is 1. The molecule has 6 nitrogen and oxygen atoms in total. The number of rotatable bonds is 5. The van der Waals surface area contributed by atoms with Crippen molar-refractivity contribution in [3.8, 4) is 17.0 Å². The minimum atomic E-state index is -5.08. The van der Waals surface area contributed by atoms with Crippen molar-refractivity contribution in [1.29, 1.82) is 0 Å². The number of aromatic amines is 1. The molecule has 1 fully saturated rings. The Morgan fingerprint density at radius 2 is 1.81 bits per heavy atom. The summed E-state index contributed by atoms with van der Waals surface area (Å²) < 4.78 is 37.5. The van der Waals surface area contributed by atoms with Crippen molar-refractivity contribution in [2.24, 2.45) is 0 Å². The van der Waals surface area contributed by atoms with Gasteiger partial charge in [0, 0.05) is 12.7 Å². The lowest BCUT2D eigenvalue weighted by Crippen LogP contribution is -2.25. The van der Waals surface area contributed by atoms with Crippen LogP contribution in [-0.2, 0) is 4.79 Å². The molecule has 0 saturated carbocycles. The lowest BCUT2D eigenvalue weighted by atomic mass is 10.1. The Morgan fingerprint density at radius 1 is 1.19 bits per heavy atom. The van der Waals surface area contributed by atoms with E-state index in [1.54, 1.807) is 6.20 Å². The Balaban J connectivity index is 0.000000298. The molecular weight excluding hydrogens is 351 g/mol. The first-order valence-electron chi connectivity index (χ1n) is 8.11. The second kappa shape index (κ2) is 9.23. The molecule has 142 valence electrons. The number of benzene rings is 1. The summed E-state index contributed by atoms with van der Waals surface area (Å²) in [5.74, 6) is -1.82. The van der Waals surface area contributed by atoms with Crippen molar-refractivity contribution in [3.05, 3.63) is 36.5 Å². The maximum atomic E-state index is 10.6. The number of alkyl halides is 3. The van der Waals surface area contributed by atoms with Crippen LogP contribution < -0.4 is 4.74 Å². The lowest BCUT2D eigenvalue weighted by Gasteiger charge is -2.14. The van der Waals surface area contributed by atoms with Crippen molar-refractivity contribution in [2.75, 3.05) is 26.2 Å². The largest absolute Gasteiger partial charge is 0.492 e. The Kier molecular flexibility index (Phi) is 7.02. The first kappa shape index (κ1) is 19.8. The Morgan fingerprint density at radius 3 is 2.31 bits per heavy atom. The Labute approximate surface area is 148 Å². The topological polar surface area (TPSA) is 78.5 Å². The van der Waals surface area contributed by atoms with E-state index in [1.165, 1.54) is 25.9 Å². The van der Waals surface area contributed by atoms with Crippen LogP contribution in [0.1, 0.15) is 12.8 Å². The van der Waals surface area contributed by atoms with E-state index in [1.807, 2.05) is 18.2 Å². The maximum absolute atomic E-state index is 10.6. The van der Waals surface area contributed by atoms with Gasteiger partial charge in [0.25, 0.3) is 0 Å². The van der Waals surface area contributed by atoms with Crippen LogP contribution in [0.4, 0.5) is 13.2 Å². The van der Waals surface area contributed by atoms with Gasteiger partial charge in [-0.3, -0.25) is 10.00 Å². The van der Waals surface area contributed by atoms with Crippen molar-refractivity contribution in [3.63, 3.8) is 0 Å². The van der Waals surface area contributed by atoms with Gasteiger partial charge in [0.05, 0.1) is 5.69 Å². The smallest absolute Gasteiger partial charge is 0.490 e. The molecule has 2 N–H and O–H groups in total. The summed E-state index contributed by atoms with van der Waals surface area (Å²) in [6, 6.07) is 10.1. The average Bonchev–Trinajstić information content (AvgIpc) is 3.29. The molecule has 9 heteroatoms. The maximum Gasteiger partial charge on any atom is 0.490 e. The van der Waals surface area contributed by atoms with Gasteiger partial charge in [-0.1, -0.05) is 0 Å². The van der Waals surface area contributed by atoms with Gasteiger partial charge in [0.1, 0.15) is 12.4 Å². The predicted octanol–water partition coefficient (Wildman–Crippen LogP) is 3.18. The molecule has 1 aliphatic rings. The standard InChI is InChI=1S/C15H19N3O.C2HF3O2/c1-2-10-18(9-1)11-12-19-14-5-3-13(4-6-14)15-7-8-16-17-15;3-2(4,5)1(6)7/h3-8H,1-2,9-12H2,(H,16,17);(H,6,7). The fraction of sp³-hybridized carbons (Fsp3) is 0.412. The highest BCUT2D eigenvalue weighted by Crippen LogP contribution is 2.20. The molecule has 0 amide bonds. The molecular formula is C17H20F3N3O3. The number of nitrogens with zero attached hydrogens (tertiary/aromatic N) is 2. The van der Waals surface area contributed by atoms with Gasteiger partial charge in [-0.2, -0.15) is 18.3 Å². The molecule has 0 bridgehead atoms. The molecule has 2 heterocycles. The zero-order chi connectivity index (χ0) is 19.0. The summed E-state index contributed by atoms with van der Waals surface area (Å²) in [6.07, 6.45) is -0.659. The van der Waals surface area contributed by atoms with Gasteiger partial charge in [-0.05, 0) is 61.8 Å². The third-order valence-corrected chi connectivity index (χ3v) is 3.78. The van der Waals surface area contributed by atoms with Crippen LogP contribution in [0.15, 0.2) is 36.5 Å². The number of carbonyl (C=O) groups is 1. The number of hydrogen-bond donors (Lipinski definition) is 2. The van der Waals surface area contributed by atoms with Crippen molar-refractivity contribution >= 4 is 5.97 Å². The summed E-state index contributed by atoms with van der Waals surface area (Å²) in [7, 11) is 0. The highest BCUT2D eigenvalue weighted by atomic mass is 19.4. The van der Waals surface area contributed by atoms with Gasteiger partial charge in [0.2, 0.25) is 0 Å². The third-order valence-electron chi connectivity index (χ3n) is 3.78. The molecule has 1 aliphatic heterocycles. The summed E-state index contributed by atoms with van der Waals surface area (Å²) >= 11 is 0. The second-order valence-electron chi connectivity index (χ2n) is 5.69. The van der Waals surface area contributed by atoms with E-state index in [0.717, 1.165) is 30.2 Å². The molecule has 2 aromatic rings. The van der Waals surface area contributed by atoms with Gasteiger partial charge >= 0.3 is 12.1 Å². The fourth-order valence-corrected chi connectivity index (χ4v) is 2.45. The van der Waals surface area contributed by atoms with E-state index in [9.17, 15) is 13.2 Å². The van der Waals surface area contributed by atoms with E-state index in [2.05, 4.69) is 27.2 Å². The van der Waals surface area contributed by atoms with E-state index in [4.69, 9.17) is 14.6 Å². The van der Waals surface area contributed by atoms with E-state index in [-0.39, 0.29) is 0 Å². The van der Waals surface area contributed by atoms with Crippen molar-refractivity contribution in [2.45, 2.75) is 19.0 Å². The molecule has 1 saturated heterocycles. The number of H-pyrrole nitrogens is 1. The molecule has 0 radical (unpaired) electrons. The first-order chi connectivity index (χ1) is 12.4. The Bertz CT molecular complexity index is 667. The van der Waals surface area contributed by atoms with Gasteiger partial charge in [-0.15, -0.1) is 0 Å². The number of carboxylic acids is 1. The van der Waals surface area contributed by atoms with Crippen LogP contribution in [-0.4, -0.2) is 58.6 Å². The van der Waals surface area contributed by atoms with Crippen LogP contribution in [0, 0.1) is 0 Å². The van der Waals surface area contributed by atoms with E-state index in [0.29, 0.717) is 0 Å². The van der Waals surface area contributed by atoms with Crippen LogP contribution in [0.25, 0.3) is 11.3 Å². The fourth-order valence-electron chi connectivity index (χ4n) is 2.45. The predicted molar refractivity (Wildman–Crippen MR) is 88.9 cm³/mol. The van der Waals surface area contributed by atoms with Gasteiger partial charge in [0.15, 0.2) is 0 Å². The van der Waals surface area contributed by atoms with Crippen molar-refractivity contribution < 1.29 is 27.8 Å². The van der Waals surface area contributed by atoms with Crippen LogP contribution in [0.5, 0.6) is 5.75 Å². The van der Waals surface area contributed by atoms with Gasteiger partial charge in [-0.25, -0.2) is 4.79 Å². The summed E-state index contributed by atoms with van der Waals surface area (Å²) in [6.45, 7) is 4.25. The first-order valence-corrected chi connectivity index (χ1v) is 8.11. The number of aromatic nitrogens is 2. The molecule has 0 atom stereocenters. The molecule has 1 aromatic carbocycles. The summed E-state index contributed by atoms with van der Waals surface area (Å²) in [5.41, 5.74) is 2.16. The monoisotopic (exact) mass is 371 g/mol. The van der Waals surface area contributed by atoms with E-state index >= 15 is 0 Å². The van der Waals surface area contributed by atoms with Crippen LogP contribution in [0.2, 0.25) is 0 Å². The normalized spacial score (nSPS) is 14.6. The summed E-state index contributed by atoms with van der Waals surface area (Å²) in [5, 5.41) is 14.0. The number of halogens is 3. The molecule has 0 aliphatic carbocycles. The highest BCUT2D eigenvalue weighted by molar-refractivity contribution is 5.73. The molecule has 3 rings (SSSR count).